The fourth-order valence-corrected chi connectivity index (χ4v) is 12.5. The van der Waals surface area contributed by atoms with Crippen LogP contribution >= 0.6 is 0 Å². The molecule has 0 spiro atoms. The highest BCUT2D eigenvalue weighted by Gasteiger charge is 2.29. The Morgan fingerprint density at radius 3 is 0.805 bits per heavy atom. The van der Waals surface area contributed by atoms with Crippen molar-refractivity contribution < 1.29 is 4.70 Å². The van der Waals surface area contributed by atoms with Crippen molar-refractivity contribution in [3.05, 3.63) is 88.0 Å². The molecule has 2 heteroatoms. The van der Waals surface area contributed by atoms with Crippen LogP contribution in [0, 0.1) is 0 Å². The molecule has 0 saturated heterocycles. The minimum absolute atomic E-state index is 0.939. The standard InChI is InChI=1S/C75H130N2/c1-4-7-10-12-14-16-18-20-22-24-26-28-30-32-34-36-38-40-42-44-46-48-50-52-55-59-69-61-57-64-71(66-69)74-68-73(63-54-9-6-3)75(77(74)76)72-65-58-62-70(67-72)60-56-53-51-49-47-45-43-41-39-37-35-33-31-29-27-25-23-21-19-17-15-13-11-8-5-2/h57-58,61-62,64-68H,4-56,59-60,63H2,1-3H3. The molecule has 0 N–H and O–H groups in total. The predicted molar refractivity (Wildman–Crippen MR) is 345 cm³/mol. The van der Waals surface area contributed by atoms with Gasteiger partial charge in [-0.3, -0.25) is 0 Å². The molecule has 0 saturated carbocycles. The summed E-state index contributed by atoms with van der Waals surface area (Å²) in [6.07, 6.45) is 80.8. The summed E-state index contributed by atoms with van der Waals surface area (Å²) in [5.74, 6) is 0. The molecule has 2 aromatic carbocycles. The molecule has 0 fully saturated rings. The van der Waals surface area contributed by atoms with E-state index in [4.69, 9.17) is 0 Å². The largest absolute Gasteiger partial charge is 0.493 e. The van der Waals surface area contributed by atoms with Gasteiger partial charge in [0.1, 0.15) is 0 Å². The van der Waals surface area contributed by atoms with E-state index in [1.165, 1.54) is 355 Å². The Hall–Kier alpha value is -2.48. The average molecular weight is 1060 g/mol. The highest BCUT2D eigenvalue weighted by atomic mass is 15.2. The molecular weight excluding hydrogens is 929 g/mol. The van der Waals surface area contributed by atoms with E-state index in [2.05, 4.69) is 75.4 Å². The monoisotopic (exact) mass is 1060 g/mol. The summed E-state index contributed by atoms with van der Waals surface area (Å²) < 4.78 is 1.53. The summed E-state index contributed by atoms with van der Waals surface area (Å²) in [5.41, 5.74) is 20.2. The summed E-state index contributed by atoms with van der Waals surface area (Å²) in [5, 5.41) is 0. The smallest absolute Gasteiger partial charge is 0.210 e. The van der Waals surface area contributed by atoms with Crippen molar-refractivity contribution in [3.63, 3.8) is 0 Å². The van der Waals surface area contributed by atoms with Gasteiger partial charge in [-0.25, -0.2) is 4.70 Å². The van der Waals surface area contributed by atoms with E-state index in [9.17, 15) is 5.53 Å². The van der Waals surface area contributed by atoms with Gasteiger partial charge in [0.15, 0.2) is 0 Å². The molecule has 3 rings (SSSR count). The summed E-state index contributed by atoms with van der Waals surface area (Å²) in [6, 6.07) is 18.2. The third-order valence-corrected chi connectivity index (χ3v) is 17.7. The first-order valence-electron chi connectivity index (χ1n) is 35.3. The first kappa shape index (κ1) is 68.8. The molecular formula is C75H130N2. The van der Waals surface area contributed by atoms with Crippen LogP contribution in [0.25, 0.3) is 16.9 Å². The van der Waals surface area contributed by atoms with Gasteiger partial charge in [-0.2, -0.15) is 0 Å². The highest BCUT2D eigenvalue weighted by Crippen LogP contribution is 2.38. The molecule has 1 aliphatic rings. The number of rotatable bonds is 58. The quantitative estimate of drug-likeness (QED) is 0.0466. The Balaban J connectivity index is 1.19. The zero-order valence-corrected chi connectivity index (χ0v) is 52.2. The number of hydrogen-bond acceptors (Lipinski definition) is 0. The van der Waals surface area contributed by atoms with E-state index in [1.54, 1.807) is 0 Å². The zero-order valence-electron chi connectivity index (χ0n) is 52.2. The lowest BCUT2D eigenvalue weighted by molar-refractivity contribution is -0.344. The molecule has 0 radical (unpaired) electrons. The maximum absolute atomic E-state index is 11.9. The van der Waals surface area contributed by atoms with Gasteiger partial charge in [-0.05, 0) is 73.9 Å². The molecule has 0 atom stereocenters. The van der Waals surface area contributed by atoms with E-state index in [-0.39, 0.29) is 0 Å². The highest BCUT2D eigenvalue weighted by molar-refractivity contribution is 5.78. The summed E-state index contributed by atoms with van der Waals surface area (Å²) >= 11 is 0. The van der Waals surface area contributed by atoms with Crippen LogP contribution in [-0.4, -0.2) is 4.70 Å². The van der Waals surface area contributed by atoms with Crippen LogP contribution in [0.2, 0.25) is 0 Å². The lowest BCUT2D eigenvalue weighted by Crippen LogP contribution is -2.03. The van der Waals surface area contributed by atoms with Crippen LogP contribution in [0.4, 0.5) is 0 Å². The van der Waals surface area contributed by atoms with Gasteiger partial charge >= 0.3 is 0 Å². The SMILES string of the molecule is CCCCCCCCCCCCCCCCCCCCCCCCCCCc1cccc(C2=CC(CCCCC)=C(c3cccc(CCCCCCCCCCCCCCCCCCCCCCCCCCC)c3)[N+]2=[N-])c1. The average Bonchev–Trinajstić information content (AvgIpc) is 3.81. The third kappa shape index (κ3) is 37.2. The molecule has 77 heavy (non-hydrogen) atoms. The van der Waals surface area contributed by atoms with Crippen LogP contribution in [0.5, 0.6) is 0 Å². The molecule has 2 aromatic rings. The van der Waals surface area contributed by atoms with Crippen LogP contribution in [-0.2, 0) is 12.8 Å². The van der Waals surface area contributed by atoms with E-state index in [0.29, 0.717) is 0 Å². The lowest BCUT2D eigenvalue weighted by Gasteiger charge is -2.12. The number of benzene rings is 2. The van der Waals surface area contributed by atoms with Gasteiger partial charge in [0, 0.05) is 22.8 Å². The number of nitrogens with zero attached hydrogens (tertiary/aromatic N) is 2. The van der Waals surface area contributed by atoms with E-state index in [1.807, 2.05) is 0 Å². The number of hydrogen-bond donors (Lipinski definition) is 0. The van der Waals surface area contributed by atoms with Crippen LogP contribution in [0.15, 0.2) is 60.2 Å². The van der Waals surface area contributed by atoms with Gasteiger partial charge in [0.25, 0.3) is 0 Å². The summed E-state index contributed by atoms with van der Waals surface area (Å²) in [7, 11) is 0. The molecule has 0 bridgehead atoms. The molecule has 2 nitrogen and oxygen atoms in total. The first-order chi connectivity index (χ1) is 38.2. The normalized spacial score (nSPS) is 12.7. The molecule has 1 heterocycles. The molecule has 0 unspecified atom stereocenters. The Bertz CT molecular complexity index is 1700. The maximum atomic E-state index is 11.9. The van der Waals surface area contributed by atoms with Crippen molar-refractivity contribution >= 4 is 11.4 Å². The van der Waals surface area contributed by atoms with Crippen LogP contribution < -0.4 is 0 Å². The second-order valence-corrected chi connectivity index (χ2v) is 25.0. The zero-order chi connectivity index (χ0) is 54.6. The second kappa shape index (κ2) is 51.7. The van der Waals surface area contributed by atoms with Crippen molar-refractivity contribution in [2.75, 3.05) is 0 Å². The molecule has 0 aliphatic carbocycles. The Labute approximate surface area is 482 Å². The van der Waals surface area contributed by atoms with E-state index < -0.39 is 0 Å². The Morgan fingerprint density at radius 2 is 0.506 bits per heavy atom. The van der Waals surface area contributed by atoms with Crippen molar-refractivity contribution in [2.24, 2.45) is 0 Å². The van der Waals surface area contributed by atoms with E-state index >= 15 is 0 Å². The number of allylic oxidation sites excluding steroid dienone is 2. The summed E-state index contributed by atoms with van der Waals surface area (Å²) in [4.78, 5) is 0. The van der Waals surface area contributed by atoms with Crippen molar-refractivity contribution in [1.29, 1.82) is 0 Å². The Morgan fingerprint density at radius 1 is 0.273 bits per heavy atom. The van der Waals surface area contributed by atoms with Gasteiger partial charge in [0.2, 0.25) is 11.4 Å². The minimum atomic E-state index is 0.939. The van der Waals surface area contributed by atoms with E-state index in [0.717, 1.165) is 48.2 Å². The third-order valence-electron chi connectivity index (χ3n) is 17.7. The number of unbranched alkanes of at least 4 members (excludes halogenated alkanes) is 50. The predicted octanol–water partition coefficient (Wildman–Crippen LogP) is 26.7. The fourth-order valence-electron chi connectivity index (χ4n) is 12.5. The first-order valence-corrected chi connectivity index (χ1v) is 35.3. The molecule has 1 aliphatic heterocycles. The lowest BCUT2D eigenvalue weighted by atomic mass is 9.98. The van der Waals surface area contributed by atoms with Crippen molar-refractivity contribution in [2.45, 2.75) is 380 Å². The van der Waals surface area contributed by atoms with Crippen LogP contribution in [0.3, 0.4) is 0 Å². The topological polar surface area (TPSA) is 25.3 Å². The number of aryl methyl sites for hydroxylation is 2. The van der Waals surface area contributed by atoms with Gasteiger partial charge < -0.3 is 5.53 Å². The van der Waals surface area contributed by atoms with Crippen molar-refractivity contribution in [1.82, 2.24) is 0 Å². The Kier molecular flexibility index (Phi) is 46.1. The minimum Gasteiger partial charge on any atom is -0.493 e. The fraction of sp³-hybridized carbons (Fsp3) is 0.787. The molecule has 0 amide bonds. The second-order valence-electron chi connectivity index (χ2n) is 25.0. The molecule has 0 aromatic heterocycles. The summed E-state index contributed by atoms with van der Waals surface area (Å²) in [6.45, 7) is 6.90. The van der Waals surface area contributed by atoms with Crippen LogP contribution in [0.1, 0.15) is 390 Å². The maximum Gasteiger partial charge on any atom is 0.210 e. The van der Waals surface area contributed by atoms with Gasteiger partial charge in [0.05, 0.1) is 0 Å². The van der Waals surface area contributed by atoms with Gasteiger partial charge in [-0.15, -0.1) is 0 Å². The van der Waals surface area contributed by atoms with Crippen molar-refractivity contribution in [3.8, 4) is 0 Å². The molecule has 440 valence electrons. The van der Waals surface area contributed by atoms with Gasteiger partial charge in [-0.1, -0.05) is 366 Å².